The second kappa shape index (κ2) is 2.95. The Balaban J connectivity index is 2.71. The van der Waals surface area contributed by atoms with Gasteiger partial charge in [0.1, 0.15) is 11.1 Å². The molecule has 2 aromatic heterocycles. The van der Waals surface area contributed by atoms with Crippen LogP contribution in [0.3, 0.4) is 0 Å². The lowest BCUT2D eigenvalue weighted by Gasteiger charge is -1.99. The van der Waals surface area contributed by atoms with Crippen LogP contribution in [0.2, 0.25) is 0 Å². The maximum atomic E-state index is 11.6. The van der Waals surface area contributed by atoms with Gasteiger partial charge in [0.25, 0.3) is 0 Å². The highest BCUT2D eigenvalue weighted by molar-refractivity contribution is 6.03. The molecule has 0 fully saturated rings. The normalized spacial score (nSPS) is 11.4. The van der Waals surface area contributed by atoms with Crippen molar-refractivity contribution in [3.05, 3.63) is 40.4 Å². The van der Waals surface area contributed by atoms with Gasteiger partial charge in [0.05, 0.1) is 5.69 Å². The molecule has 0 spiro atoms. The minimum Gasteiger partial charge on any atom is -0.453 e. The van der Waals surface area contributed by atoms with Crippen molar-refractivity contribution in [3.8, 4) is 0 Å². The van der Waals surface area contributed by atoms with Crippen molar-refractivity contribution in [2.75, 3.05) is 0 Å². The third kappa shape index (κ3) is 1.04. The first-order valence-corrected chi connectivity index (χ1v) is 5.03. The molecule has 4 nitrogen and oxygen atoms in total. The number of nitrogens with zero attached hydrogens (tertiary/aromatic N) is 2. The molecule has 0 saturated heterocycles. The van der Waals surface area contributed by atoms with Crippen LogP contribution in [0.15, 0.2) is 33.5 Å². The summed E-state index contributed by atoms with van der Waals surface area (Å²) < 4.78 is 7.22. The van der Waals surface area contributed by atoms with E-state index in [1.54, 1.807) is 14.0 Å². The molecule has 0 N–H and O–H groups in total. The highest BCUT2D eigenvalue weighted by atomic mass is 16.3. The van der Waals surface area contributed by atoms with Crippen LogP contribution in [0.1, 0.15) is 5.69 Å². The number of fused-ring (bicyclic) bond motifs is 3. The maximum Gasteiger partial charge on any atom is 0.348 e. The number of furan rings is 1. The summed E-state index contributed by atoms with van der Waals surface area (Å²) in [6, 6.07) is 7.67. The van der Waals surface area contributed by atoms with Crippen LogP contribution in [-0.2, 0) is 7.05 Å². The molecule has 0 unspecified atom stereocenters. The number of benzene rings is 1. The van der Waals surface area contributed by atoms with Crippen molar-refractivity contribution in [2.24, 2.45) is 7.05 Å². The predicted molar refractivity (Wildman–Crippen MR) is 61.5 cm³/mol. The van der Waals surface area contributed by atoms with Gasteiger partial charge in [-0.15, -0.1) is 0 Å². The molecule has 1 aromatic carbocycles. The standard InChI is InChI=1S/C12H10N2O2/c1-7-11-10(14(2)12(15)13-7)8-5-3-4-6-9(8)16-11/h3-6H,1-2H3. The fourth-order valence-corrected chi connectivity index (χ4v) is 1.97. The van der Waals surface area contributed by atoms with E-state index in [2.05, 4.69) is 4.98 Å². The molecule has 0 aliphatic heterocycles. The minimum atomic E-state index is -0.253. The van der Waals surface area contributed by atoms with E-state index >= 15 is 0 Å². The average molecular weight is 214 g/mol. The highest BCUT2D eigenvalue weighted by Gasteiger charge is 2.13. The summed E-state index contributed by atoms with van der Waals surface area (Å²) in [7, 11) is 1.71. The summed E-state index contributed by atoms with van der Waals surface area (Å²) in [4.78, 5) is 15.5. The Kier molecular flexibility index (Phi) is 1.68. The van der Waals surface area contributed by atoms with Gasteiger partial charge in [0, 0.05) is 12.4 Å². The van der Waals surface area contributed by atoms with Gasteiger partial charge in [-0.1, -0.05) is 12.1 Å². The average Bonchev–Trinajstić information content (AvgIpc) is 2.66. The molecular weight excluding hydrogens is 204 g/mol. The molecule has 0 atom stereocenters. The zero-order valence-corrected chi connectivity index (χ0v) is 9.02. The molecule has 0 aliphatic carbocycles. The molecule has 0 bridgehead atoms. The summed E-state index contributed by atoms with van der Waals surface area (Å²) in [5.41, 5.74) is 2.66. The molecule has 16 heavy (non-hydrogen) atoms. The molecule has 0 saturated carbocycles. The molecule has 0 aliphatic rings. The van der Waals surface area contributed by atoms with Crippen LogP contribution < -0.4 is 5.69 Å². The Hall–Kier alpha value is -2.10. The van der Waals surface area contributed by atoms with E-state index in [0.717, 1.165) is 16.5 Å². The third-order valence-electron chi connectivity index (χ3n) is 2.78. The van der Waals surface area contributed by atoms with Crippen molar-refractivity contribution in [2.45, 2.75) is 6.92 Å². The zero-order valence-electron chi connectivity index (χ0n) is 9.02. The fraction of sp³-hybridized carbons (Fsp3) is 0.167. The number of aromatic nitrogens is 2. The van der Waals surface area contributed by atoms with Crippen LogP contribution in [0.4, 0.5) is 0 Å². The molecule has 4 heteroatoms. The van der Waals surface area contributed by atoms with Gasteiger partial charge >= 0.3 is 5.69 Å². The summed E-state index contributed by atoms with van der Waals surface area (Å²) >= 11 is 0. The highest BCUT2D eigenvalue weighted by Crippen LogP contribution is 2.27. The van der Waals surface area contributed by atoms with Crippen molar-refractivity contribution in [3.63, 3.8) is 0 Å². The van der Waals surface area contributed by atoms with Gasteiger partial charge in [-0.25, -0.2) is 4.79 Å². The van der Waals surface area contributed by atoms with Crippen molar-refractivity contribution < 1.29 is 4.42 Å². The Bertz CT molecular complexity index is 753. The van der Waals surface area contributed by atoms with Crippen molar-refractivity contribution in [1.29, 1.82) is 0 Å². The van der Waals surface area contributed by atoms with Crippen LogP contribution >= 0.6 is 0 Å². The number of rotatable bonds is 0. The second-order valence-electron chi connectivity index (χ2n) is 3.81. The largest absolute Gasteiger partial charge is 0.453 e. The monoisotopic (exact) mass is 214 g/mol. The van der Waals surface area contributed by atoms with Crippen LogP contribution in [0.5, 0.6) is 0 Å². The van der Waals surface area contributed by atoms with Gasteiger partial charge in [-0.2, -0.15) is 4.98 Å². The maximum absolute atomic E-state index is 11.6. The van der Waals surface area contributed by atoms with E-state index < -0.39 is 0 Å². The quantitative estimate of drug-likeness (QED) is 0.575. The Labute approximate surface area is 91.1 Å². The SMILES string of the molecule is Cc1nc(=O)n(C)c2c1oc1ccccc12. The molecule has 0 radical (unpaired) electrons. The lowest BCUT2D eigenvalue weighted by molar-refractivity contribution is 0.655. The molecule has 3 aromatic rings. The van der Waals surface area contributed by atoms with Crippen LogP contribution in [0, 0.1) is 6.92 Å². The summed E-state index contributed by atoms with van der Waals surface area (Å²) in [5, 5.41) is 0.947. The molecule has 0 amide bonds. The van der Waals surface area contributed by atoms with Gasteiger partial charge in [0.2, 0.25) is 0 Å². The van der Waals surface area contributed by atoms with Crippen molar-refractivity contribution >= 4 is 22.1 Å². The fourth-order valence-electron chi connectivity index (χ4n) is 1.97. The van der Waals surface area contributed by atoms with E-state index in [9.17, 15) is 4.79 Å². The first-order valence-electron chi connectivity index (χ1n) is 5.03. The topological polar surface area (TPSA) is 48.0 Å². The molecule has 3 rings (SSSR count). The van der Waals surface area contributed by atoms with Crippen molar-refractivity contribution in [1.82, 2.24) is 9.55 Å². The summed E-state index contributed by atoms with van der Waals surface area (Å²) in [6.07, 6.45) is 0. The number of para-hydroxylation sites is 1. The smallest absolute Gasteiger partial charge is 0.348 e. The first-order chi connectivity index (χ1) is 7.68. The molecule has 80 valence electrons. The number of hydrogen-bond donors (Lipinski definition) is 0. The number of aryl methyl sites for hydroxylation is 2. The number of hydrogen-bond acceptors (Lipinski definition) is 3. The summed E-state index contributed by atoms with van der Waals surface area (Å²) in [5.74, 6) is 0. The predicted octanol–water partition coefficient (Wildman–Crippen LogP) is 1.99. The lowest BCUT2D eigenvalue weighted by atomic mass is 10.2. The zero-order chi connectivity index (χ0) is 11.3. The van der Waals surface area contributed by atoms with Crippen LogP contribution in [0.25, 0.3) is 22.1 Å². The van der Waals surface area contributed by atoms with E-state index in [1.807, 2.05) is 24.3 Å². The van der Waals surface area contributed by atoms with Gasteiger partial charge < -0.3 is 4.42 Å². The Morgan fingerprint density at radius 2 is 2.06 bits per heavy atom. The van der Waals surface area contributed by atoms with E-state index in [4.69, 9.17) is 4.42 Å². The summed E-state index contributed by atoms with van der Waals surface area (Å²) in [6.45, 7) is 1.78. The van der Waals surface area contributed by atoms with E-state index in [1.165, 1.54) is 4.57 Å². The van der Waals surface area contributed by atoms with E-state index in [0.29, 0.717) is 11.3 Å². The van der Waals surface area contributed by atoms with Gasteiger partial charge in [-0.3, -0.25) is 4.57 Å². The van der Waals surface area contributed by atoms with Gasteiger partial charge in [-0.05, 0) is 19.1 Å². The molecule has 2 heterocycles. The lowest BCUT2D eigenvalue weighted by Crippen LogP contribution is -2.20. The van der Waals surface area contributed by atoms with Gasteiger partial charge in [0.15, 0.2) is 5.58 Å². The third-order valence-corrected chi connectivity index (χ3v) is 2.78. The molecular formula is C12H10N2O2. The minimum absolute atomic E-state index is 0.253. The van der Waals surface area contributed by atoms with E-state index in [-0.39, 0.29) is 5.69 Å². The Morgan fingerprint density at radius 3 is 2.88 bits per heavy atom. The van der Waals surface area contributed by atoms with Crippen LogP contribution in [-0.4, -0.2) is 9.55 Å². The first kappa shape index (κ1) is 9.15. The second-order valence-corrected chi connectivity index (χ2v) is 3.81. The Morgan fingerprint density at radius 1 is 1.31 bits per heavy atom.